The number of hydrogen-bond donors (Lipinski definition) is 0. The van der Waals surface area contributed by atoms with E-state index in [4.69, 9.17) is 18.6 Å². The van der Waals surface area contributed by atoms with Gasteiger partial charge in [-0.1, -0.05) is 0 Å². The fourth-order valence-electron chi connectivity index (χ4n) is 2.31. The van der Waals surface area contributed by atoms with E-state index in [1.54, 1.807) is 50.6 Å². The Labute approximate surface area is 133 Å². The molecule has 2 aromatic rings. The van der Waals surface area contributed by atoms with E-state index < -0.39 is 5.97 Å². The summed E-state index contributed by atoms with van der Waals surface area (Å²) in [6.45, 7) is 1.85. The maximum atomic E-state index is 12.0. The van der Waals surface area contributed by atoms with Crippen LogP contribution in [0.25, 0.3) is 11.8 Å². The highest BCUT2D eigenvalue weighted by atomic mass is 16.5. The number of furan rings is 1. The van der Waals surface area contributed by atoms with Crippen molar-refractivity contribution in [3.8, 4) is 11.5 Å². The highest BCUT2D eigenvalue weighted by molar-refractivity contribution is 6.05. The molecule has 0 fully saturated rings. The maximum Gasteiger partial charge on any atom is 0.343 e. The second-order valence-electron chi connectivity index (χ2n) is 5.01. The lowest BCUT2D eigenvalue weighted by atomic mass is 10.1. The molecule has 1 aromatic carbocycles. The van der Waals surface area contributed by atoms with Gasteiger partial charge in [-0.3, -0.25) is 0 Å². The van der Waals surface area contributed by atoms with Gasteiger partial charge in [0.25, 0.3) is 0 Å². The molecule has 0 amide bonds. The molecule has 2 heterocycles. The smallest absolute Gasteiger partial charge is 0.343 e. The van der Waals surface area contributed by atoms with E-state index in [9.17, 15) is 4.79 Å². The zero-order valence-corrected chi connectivity index (χ0v) is 13.1. The summed E-state index contributed by atoms with van der Waals surface area (Å²) in [7, 11) is 3.13. The Hall–Kier alpha value is -2.95. The number of carbonyl (C=O) groups excluding carboxylic acids is 1. The Balaban J connectivity index is 1.97. The van der Waals surface area contributed by atoms with E-state index in [2.05, 4.69) is 0 Å². The van der Waals surface area contributed by atoms with Gasteiger partial charge < -0.3 is 18.6 Å². The fraction of sp³-hybridized carbons (Fsp3) is 0.167. The van der Waals surface area contributed by atoms with Crippen molar-refractivity contribution in [3.63, 3.8) is 0 Å². The molecule has 0 bridgehead atoms. The molecule has 0 aliphatic carbocycles. The van der Waals surface area contributed by atoms with E-state index in [0.717, 1.165) is 5.76 Å². The van der Waals surface area contributed by atoms with Crippen LogP contribution in [0.5, 0.6) is 11.5 Å². The molecule has 23 heavy (non-hydrogen) atoms. The number of hydrogen-bond acceptors (Lipinski definition) is 5. The summed E-state index contributed by atoms with van der Waals surface area (Å²) in [5.41, 5.74) is 1.10. The summed E-state index contributed by atoms with van der Waals surface area (Å²) in [5, 5.41) is 0. The molecule has 1 aliphatic heterocycles. The van der Waals surface area contributed by atoms with Gasteiger partial charge in [0.2, 0.25) is 0 Å². The molecule has 1 aliphatic rings. The standard InChI is InChI=1S/C18H16O5/c1-11-4-5-14(22-11)8-12-9-17(23-18(12)19)15-7-6-13(20-2)10-16(15)21-3/h4-10H,1-3H3/b12-8-. The molecule has 3 rings (SSSR count). The van der Waals surface area contributed by atoms with E-state index in [1.807, 2.05) is 13.0 Å². The van der Waals surface area contributed by atoms with E-state index in [0.29, 0.717) is 34.2 Å². The molecule has 0 saturated heterocycles. The molecule has 5 heteroatoms. The van der Waals surface area contributed by atoms with Gasteiger partial charge in [-0.05, 0) is 43.3 Å². The van der Waals surface area contributed by atoms with Gasteiger partial charge in [0.05, 0.1) is 25.4 Å². The predicted molar refractivity (Wildman–Crippen MR) is 85.0 cm³/mol. The fourth-order valence-corrected chi connectivity index (χ4v) is 2.31. The lowest BCUT2D eigenvalue weighted by Gasteiger charge is -2.10. The number of esters is 1. The van der Waals surface area contributed by atoms with Gasteiger partial charge in [0.1, 0.15) is 28.8 Å². The summed E-state index contributed by atoms with van der Waals surface area (Å²) >= 11 is 0. The summed E-state index contributed by atoms with van der Waals surface area (Å²) in [6, 6.07) is 8.95. The monoisotopic (exact) mass is 312 g/mol. The van der Waals surface area contributed by atoms with Crippen LogP contribution in [0.3, 0.4) is 0 Å². The molecule has 5 nitrogen and oxygen atoms in total. The highest BCUT2D eigenvalue weighted by Crippen LogP contribution is 2.35. The van der Waals surface area contributed by atoms with Crippen molar-refractivity contribution in [1.29, 1.82) is 0 Å². The van der Waals surface area contributed by atoms with Crippen LogP contribution in [0.15, 0.2) is 46.4 Å². The van der Waals surface area contributed by atoms with Crippen LogP contribution in [0, 0.1) is 6.92 Å². The number of carbonyl (C=O) groups is 1. The van der Waals surface area contributed by atoms with E-state index >= 15 is 0 Å². The summed E-state index contributed by atoms with van der Waals surface area (Å²) < 4.78 is 21.3. The number of benzene rings is 1. The van der Waals surface area contributed by atoms with Gasteiger partial charge >= 0.3 is 5.97 Å². The predicted octanol–water partition coefficient (Wildman–Crippen LogP) is 3.59. The quantitative estimate of drug-likeness (QED) is 0.638. The summed E-state index contributed by atoms with van der Waals surface area (Å²) in [6.07, 6.45) is 3.32. The SMILES string of the molecule is COc1ccc(C2=C/C(=C/c3ccc(C)o3)C(=O)O2)c(OC)c1. The van der Waals surface area contributed by atoms with E-state index in [1.165, 1.54) is 0 Å². The van der Waals surface area contributed by atoms with Gasteiger partial charge in [-0.25, -0.2) is 4.79 Å². The molecule has 0 spiro atoms. The number of ether oxygens (including phenoxy) is 3. The van der Waals surface area contributed by atoms with E-state index in [-0.39, 0.29) is 0 Å². The Bertz CT molecular complexity index is 811. The topological polar surface area (TPSA) is 57.9 Å². The van der Waals surface area contributed by atoms with Crippen molar-refractivity contribution in [1.82, 2.24) is 0 Å². The van der Waals surface area contributed by atoms with Crippen LogP contribution in [0.1, 0.15) is 17.1 Å². The van der Waals surface area contributed by atoms with Crippen LogP contribution in [0.4, 0.5) is 0 Å². The van der Waals surface area contributed by atoms with Crippen molar-refractivity contribution < 1.29 is 23.4 Å². The van der Waals surface area contributed by atoms with Crippen molar-refractivity contribution in [3.05, 3.63) is 59.1 Å². The van der Waals surface area contributed by atoms with Crippen LogP contribution in [-0.2, 0) is 9.53 Å². The molecular formula is C18H16O5. The van der Waals surface area contributed by atoms with Crippen LogP contribution in [0.2, 0.25) is 0 Å². The minimum absolute atomic E-state index is 0.423. The Morgan fingerprint density at radius 3 is 2.57 bits per heavy atom. The zero-order chi connectivity index (χ0) is 16.4. The molecule has 0 N–H and O–H groups in total. The lowest BCUT2D eigenvalue weighted by molar-refractivity contribution is -0.130. The third kappa shape index (κ3) is 2.99. The molecular weight excluding hydrogens is 296 g/mol. The largest absolute Gasteiger partial charge is 0.497 e. The van der Waals surface area contributed by atoms with Crippen molar-refractivity contribution in [2.75, 3.05) is 14.2 Å². The number of methoxy groups -OCH3 is 2. The zero-order valence-electron chi connectivity index (χ0n) is 13.1. The molecule has 0 radical (unpaired) electrons. The van der Waals surface area contributed by atoms with Gasteiger partial charge in [0, 0.05) is 6.07 Å². The number of rotatable bonds is 4. The molecule has 118 valence electrons. The van der Waals surface area contributed by atoms with Crippen molar-refractivity contribution in [2.45, 2.75) is 6.92 Å². The Morgan fingerprint density at radius 1 is 1.09 bits per heavy atom. The first-order valence-corrected chi connectivity index (χ1v) is 7.05. The van der Waals surface area contributed by atoms with Gasteiger partial charge in [-0.2, -0.15) is 0 Å². The number of cyclic esters (lactones) is 1. The average molecular weight is 312 g/mol. The first-order chi connectivity index (χ1) is 11.1. The van der Waals surface area contributed by atoms with Crippen LogP contribution >= 0.6 is 0 Å². The Kier molecular flexibility index (Phi) is 3.93. The molecule has 0 saturated carbocycles. The first-order valence-electron chi connectivity index (χ1n) is 7.05. The molecule has 0 unspecified atom stereocenters. The highest BCUT2D eigenvalue weighted by Gasteiger charge is 2.24. The first kappa shape index (κ1) is 15.0. The average Bonchev–Trinajstić information content (AvgIpc) is 3.13. The lowest BCUT2D eigenvalue weighted by Crippen LogP contribution is -1.98. The second-order valence-corrected chi connectivity index (χ2v) is 5.01. The molecule has 1 aromatic heterocycles. The summed E-state index contributed by atoms with van der Waals surface area (Å²) in [5.74, 6) is 2.63. The maximum absolute atomic E-state index is 12.0. The normalized spacial score (nSPS) is 15.5. The van der Waals surface area contributed by atoms with Gasteiger partial charge in [0.15, 0.2) is 0 Å². The minimum atomic E-state index is -0.424. The van der Waals surface area contributed by atoms with Crippen LogP contribution < -0.4 is 9.47 Å². The summed E-state index contributed by atoms with van der Waals surface area (Å²) in [4.78, 5) is 12.0. The Morgan fingerprint density at radius 2 is 1.91 bits per heavy atom. The van der Waals surface area contributed by atoms with Crippen LogP contribution in [-0.4, -0.2) is 20.2 Å². The third-order valence-electron chi connectivity index (χ3n) is 3.46. The third-order valence-corrected chi connectivity index (χ3v) is 3.46. The van der Waals surface area contributed by atoms with Gasteiger partial charge in [-0.15, -0.1) is 0 Å². The number of aryl methyl sites for hydroxylation is 1. The van der Waals surface area contributed by atoms with Crippen molar-refractivity contribution >= 4 is 17.8 Å². The molecule has 0 atom stereocenters. The minimum Gasteiger partial charge on any atom is -0.497 e. The van der Waals surface area contributed by atoms with Crippen molar-refractivity contribution in [2.24, 2.45) is 0 Å². The second kappa shape index (κ2) is 6.04.